The van der Waals surface area contributed by atoms with Gasteiger partial charge in [-0.1, -0.05) is 30.3 Å². The zero-order chi connectivity index (χ0) is 11.8. The second-order valence-corrected chi connectivity index (χ2v) is 3.44. The first-order valence-electron chi connectivity index (χ1n) is 5.23. The van der Waals surface area contributed by atoms with Crippen molar-refractivity contribution in [1.82, 2.24) is 10.6 Å². The van der Waals surface area contributed by atoms with Gasteiger partial charge in [0.1, 0.15) is 0 Å². The van der Waals surface area contributed by atoms with Gasteiger partial charge < -0.3 is 10.6 Å². The number of carbonyl (C=O) groups excluding carboxylic acids is 2. The predicted molar refractivity (Wildman–Crippen MR) is 61.8 cm³/mol. The molecule has 16 heavy (non-hydrogen) atoms. The summed E-state index contributed by atoms with van der Waals surface area (Å²) in [5.41, 5.74) is 0.972. The molecule has 0 aliphatic carbocycles. The van der Waals surface area contributed by atoms with Crippen LogP contribution in [0.1, 0.15) is 12.0 Å². The van der Waals surface area contributed by atoms with Crippen molar-refractivity contribution >= 4 is 11.8 Å². The molecule has 2 N–H and O–H groups in total. The number of hydrogen-bond donors (Lipinski definition) is 2. The van der Waals surface area contributed by atoms with Gasteiger partial charge in [-0.05, 0) is 5.56 Å². The first-order chi connectivity index (χ1) is 7.72. The minimum Gasteiger partial charge on any atom is -0.359 e. The van der Waals surface area contributed by atoms with Gasteiger partial charge >= 0.3 is 0 Å². The summed E-state index contributed by atoms with van der Waals surface area (Å²) in [7, 11) is 1.58. The summed E-state index contributed by atoms with van der Waals surface area (Å²) in [6.45, 7) is 0.380. The number of benzene rings is 1. The van der Waals surface area contributed by atoms with E-state index in [1.807, 2.05) is 30.3 Å². The summed E-state index contributed by atoms with van der Waals surface area (Å²) in [6.07, 6.45) is 0.672. The Bertz CT molecular complexity index is 349. The number of hydrogen-bond acceptors (Lipinski definition) is 2. The molecule has 0 radical (unpaired) electrons. The highest BCUT2D eigenvalue weighted by molar-refractivity contribution is 5.80. The summed E-state index contributed by atoms with van der Waals surface area (Å²) >= 11 is 0. The molecular formula is C12H16N2O2. The average Bonchev–Trinajstić information content (AvgIpc) is 2.30. The van der Waals surface area contributed by atoms with Crippen molar-refractivity contribution in [2.45, 2.75) is 12.8 Å². The summed E-state index contributed by atoms with van der Waals surface area (Å²) in [5.74, 6) is -0.130. The molecule has 0 aliphatic heterocycles. The number of nitrogens with one attached hydrogen (secondary N) is 2. The van der Waals surface area contributed by atoms with Crippen LogP contribution in [0.3, 0.4) is 0 Å². The SMILES string of the molecule is CNC(=O)CCNC(=O)Cc1ccccc1. The molecule has 86 valence electrons. The number of rotatable bonds is 5. The second kappa shape index (κ2) is 6.61. The lowest BCUT2D eigenvalue weighted by atomic mass is 10.1. The summed E-state index contributed by atoms with van der Waals surface area (Å²) < 4.78 is 0. The Morgan fingerprint density at radius 2 is 1.81 bits per heavy atom. The lowest BCUT2D eigenvalue weighted by Crippen LogP contribution is -2.30. The van der Waals surface area contributed by atoms with Crippen LogP contribution in [-0.2, 0) is 16.0 Å². The molecule has 0 heterocycles. The first-order valence-corrected chi connectivity index (χ1v) is 5.23. The maximum absolute atomic E-state index is 11.4. The molecule has 0 spiro atoms. The molecule has 4 nitrogen and oxygen atoms in total. The smallest absolute Gasteiger partial charge is 0.224 e. The molecule has 1 aromatic carbocycles. The molecule has 0 fully saturated rings. The normalized spacial score (nSPS) is 9.56. The van der Waals surface area contributed by atoms with Gasteiger partial charge in [0, 0.05) is 20.0 Å². The maximum Gasteiger partial charge on any atom is 0.224 e. The van der Waals surface area contributed by atoms with Crippen molar-refractivity contribution in [2.75, 3.05) is 13.6 Å². The monoisotopic (exact) mass is 220 g/mol. The van der Waals surface area contributed by atoms with Crippen LogP contribution in [0.15, 0.2) is 30.3 Å². The molecule has 0 aromatic heterocycles. The molecule has 1 rings (SSSR count). The highest BCUT2D eigenvalue weighted by Gasteiger charge is 2.03. The topological polar surface area (TPSA) is 58.2 Å². The third kappa shape index (κ3) is 4.59. The van der Waals surface area contributed by atoms with Gasteiger partial charge in [-0.15, -0.1) is 0 Å². The Labute approximate surface area is 95.0 Å². The van der Waals surface area contributed by atoms with Gasteiger partial charge in [0.2, 0.25) is 11.8 Å². The zero-order valence-corrected chi connectivity index (χ0v) is 9.32. The van der Waals surface area contributed by atoms with Crippen LogP contribution >= 0.6 is 0 Å². The summed E-state index contributed by atoms with van der Waals surface area (Å²) in [6, 6.07) is 9.50. The fraction of sp³-hybridized carbons (Fsp3) is 0.333. The van der Waals surface area contributed by atoms with E-state index in [9.17, 15) is 9.59 Å². The van der Waals surface area contributed by atoms with E-state index in [1.54, 1.807) is 7.05 Å². The second-order valence-electron chi connectivity index (χ2n) is 3.44. The minimum atomic E-state index is -0.0694. The van der Waals surface area contributed by atoms with E-state index < -0.39 is 0 Å². The average molecular weight is 220 g/mol. The fourth-order valence-corrected chi connectivity index (χ4v) is 1.28. The van der Waals surface area contributed by atoms with Crippen LogP contribution in [-0.4, -0.2) is 25.4 Å². The van der Waals surface area contributed by atoms with Gasteiger partial charge in [-0.25, -0.2) is 0 Å². The molecule has 0 saturated heterocycles. The van der Waals surface area contributed by atoms with Crippen LogP contribution in [0.5, 0.6) is 0 Å². The molecule has 1 aromatic rings. The van der Waals surface area contributed by atoms with E-state index in [4.69, 9.17) is 0 Å². The molecule has 0 aliphatic rings. The quantitative estimate of drug-likeness (QED) is 0.758. The Balaban J connectivity index is 2.24. The van der Waals surface area contributed by atoms with Crippen LogP contribution in [0.25, 0.3) is 0 Å². The lowest BCUT2D eigenvalue weighted by molar-refractivity contribution is -0.121. The van der Waals surface area contributed by atoms with E-state index in [2.05, 4.69) is 10.6 Å². The largest absolute Gasteiger partial charge is 0.359 e. The highest BCUT2D eigenvalue weighted by atomic mass is 16.2. The Hall–Kier alpha value is -1.84. The molecule has 0 unspecified atom stereocenters. The summed E-state index contributed by atoms with van der Waals surface area (Å²) in [5, 5.41) is 5.19. The Morgan fingerprint density at radius 3 is 2.44 bits per heavy atom. The van der Waals surface area contributed by atoms with Crippen molar-refractivity contribution in [1.29, 1.82) is 0 Å². The van der Waals surface area contributed by atoms with Crippen LogP contribution in [0, 0.1) is 0 Å². The standard InChI is InChI=1S/C12H16N2O2/c1-13-11(15)7-8-14-12(16)9-10-5-3-2-4-6-10/h2-6H,7-9H2,1H3,(H,13,15)(H,14,16). The summed E-state index contributed by atoms with van der Waals surface area (Å²) in [4.78, 5) is 22.3. The third-order valence-corrected chi connectivity index (χ3v) is 2.16. The number of amides is 2. The predicted octanol–water partition coefficient (Wildman–Crippen LogP) is 0.481. The van der Waals surface area contributed by atoms with E-state index in [0.29, 0.717) is 19.4 Å². The molecule has 2 amide bonds. The molecular weight excluding hydrogens is 204 g/mol. The van der Waals surface area contributed by atoms with Gasteiger partial charge in [0.05, 0.1) is 6.42 Å². The maximum atomic E-state index is 11.4. The Kier molecular flexibility index (Phi) is 5.05. The molecule has 0 saturated carbocycles. The fourth-order valence-electron chi connectivity index (χ4n) is 1.28. The Morgan fingerprint density at radius 1 is 1.12 bits per heavy atom. The zero-order valence-electron chi connectivity index (χ0n) is 9.32. The number of carbonyl (C=O) groups is 2. The van der Waals surface area contributed by atoms with Gasteiger partial charge in [0.15, 0.2) is 0 Å². The van der Waals surface area contributed by atoms with Crippen LogP contribution in [0.4, 0.5) is 0 Å². The van der Waals surface area contributed by atoms with Crippen molar-refractivity contribution in [2.24, 2.45) is 0 Å². The van der Waals surface area contributed by atoms with Crippen molar-refractivity contribution in [3.05, 3.63) is 35.9 Å². The van der Waals surface area contributed by atoms with Crippen molar-refractivity contribution in [3.63, 3.8) is 0 Å². The van der Waals surface area contributed by atoms with Crippen LogP contribution < -0.4 is 10.6 Å². The van der Waals surface area contributed by atoms with E-state index in [-0.39, 0.29) is 11.8 Å². The van der Waals surface area contributed by atoms with E-state index in [1.165, 1.54) is 0 Å². The van der Waals surface area contributed by atoms with Gasteiger partial charge in [-0.3, -0.25) is 9.59 Å². The highest BCUT2D eigenvalue weighted by Crippen LogP contribution is 1.98. The van der Waals surface area contributed by atoms with Crippen molar-refractivity contribution in [3.8, 4) is 0 Å². The first kappa shape index (κ1) is 12.2. The van der Waals surface area contributed by atoms with Crippen molar-refractivity contribution < 1.29 is 9.59 Å². The molecule has 0 atom stereocenters. The van der Waals surface area contributed by atoms with Gasteiger partial charge in [-0.2, -0.15) is 0 Å². The third-order valence-electron chi connectivity index (χ3n) is 2.16. The van der Waals surface area contributed by atoms with Gasteiger partial charge in [0.25, 0.3) is 0 Å². The lowest BCUT2D eigenvalue weighted by Gasteiger charge is -2.04. The van der Waals surface area contributed by atoms with E-state index >= 15 is 0 Å². The van der Waals surface area contributed by atoms with Crippen LogP contribution in [0.2, 0.25) is 0 Å². The molecule has 4 heteroatoms. The van der Waals surface area contributed by atoms with E-state index in [0.717, 1.165) is 5.56 Å². The molecule has 0 bridgehead atoms. The minimum absolute atomic E-state index is 0.0601.